The molecule has 1 saturated heterocycles. The number of likely N-dealkylation sites (tertiary alicyclic amines) is 1. The topological polar surface area (TPSA) is 61.9 Å². The smallest absolute Gasteiger partial charge is 0.410 e. The third-order valence-electron chi connectivity index (χ3n) is 6.28. The maximum atomic E-state index is 12.7. The van der Waals surface area contributed by atoms with Gasteiger partial charge in [0.1, 0.15) is 5.75 Å². The lowest BCUT2D eigenvalue weighted by Gasteiger charge is -2.33. The largest absolute Gasteiger partial charge is 0.419 e. The van der Waals surface area contributed by atoms with Gasteiger partial charge in [-0.3, -0.25) is 14.6 Å². The van der Waals surface area contributed by atoms with Crippen LogP contribution in [0.15, 0.2) is 78.9 Å². The molecular weight excluding hydrogens is 426 g/mol. The number of amides is 2. The SMILES string of the molecule is CC1CCCCN1Cc1ccc(C(=O)Nc2ccc(OC(=O)N(C)c3ccccc3)cc2)cc1. The second kappa shape index (κ2) is 11.0. The zero-order valence-electron chi connectivity index (χ0n) is 19.7. The van der Waals surface area contributed by atoms with Crippen molar-refractivity contribution in [2.24, 2.45) is 0 Å². The summed E-state index contributed by atoms with van der Waals surface area (Å²) in [5.41, 5.74) is 3.20. The van der Waals surface area contributed by atoms with E-state index in [1.54, 1.807) is 31.3 Å². The van der Waals surface area contributed by atoms with Crippen LogP contribution in [0.2, 0.25) is 0 Å². The van der Waals surface area contributed by atoms with Gasteiger partial charge in [0, 0.05) is 36.6 Å². The molecule has 1 atom stereocenters. The van der Waals surface area contributed by atoms with Crippen molar-refractivity contribution in [3.8, 4) is 5.75 Å². The van der Waals surface area contributed by atoms with Gasteiger partial charge in [0.15, 0.2) is 0 Å². The molecule has 1 aliphatic rings. The fourth-order valence-electron chi connectivity index (χ4n) is 4.12. The first-order valence-electron chi connectivity index (χ1n) is 11.7. The van der Waals surface area contributed by atoms with Crippen molar-refractivity contribution >= 4 is 23.4 Å². The van der Waals surface area contributed by atoms with E-state index in [9.17, 15) is 9.59 Å². The summed E-state index contributed by atoms with van der Waals surface area (Å²) in [5, 5.41) is 2.90. The van der Waals surface area contributed by atoms with Gasteiger partial charge in [0.2, 0.25) is 0 Å². The van der Waals surface area contributed by atoms with E-state index in [1.165, 1.54) is 29.7 Å². The Morgan fingerprint density at radius 1 is 0.971 bits per heavy atom. The number of carbonyl (C=O) groups is 2. The Kier molecular flexibility index (Phi) is 7.60. The number of nitrogens with zero attached hydrogens (tertiary/aromatic N) is 2. The van der Waals surface area contributed by atoms with Crippen molar-refractivity contribution < 1.29 is 14.3 Å². The Hall–Kier alpha value is -3.64. The molecule has 6 nitrogen and oxygen atoms in total. The Morgan fingerprint density at radius 3 is 2.35 bits per heavy atom. The predicted molar refractivity (Wildman–Crippen MR) is 135 cm³/mol. The lowest BCUT2D eigenvalue weighted by Crippen LogP contribution is -2.36. The molecule has 1 unspecified atom stereocenters. The van der Waals surface area contributed by atoms with Crippen molar-refractivity contribution in [1.29, 1.82) is 0 Å². The first kappa shape index (κ1) is 23.5. The lowest BCUT2D eigenvalue weighted by atomic mass is 10.0. The van der Waals surface area contributed by atoms with Gasteiger partial charge in [-0.1, -0.05) is 36.8 Å². The highest BCUT2D eigenvalue weighted by atomic mass is 16.6. The van der Waals surface area contributed by atoms with E-state index in [0.717, 1.165) is 18.8 Å². The van der Waals surface area contributed by atoms with Gasteiger partial charge in [0.05, 0.1) is 0 Å². The van der Waals surface area contributed by atoms with Gasteiger partial charge in [-0.2, -0.15) is 0 Å². The Morgan fingerprint density at radius 2 is 1.68 bits per heavy atom. The van der Waals surface area contributed by atoms with E-state index in [2.05, 4.69) is 17.1 Å². The molecule has 2 amide bonds. The highest BCUT2D eigenvalue weighted by Crippen LogP contribution is 2.21. The number of para-hydroxylation sites is 1. The summed E-state index contributed by atoms with van der Waals surface area (Å²) in [6.45, 7) is 4.34. The second-order valence-corrected chi connectivity index (χ2v) is 8.75. The van der Waals surface area contributed by atoms with Crippen LogP contribution >= 0.6 is 0 Å². The molecule has 34 heavy (non-hydrogen) atoms. The van der Waals surface area contributed by atoms with Crippen LogP contribution in [0.1, 0.15) is 42.1 Å². The molecule has 0 aliphatic carbocycles. The molecule has 1 aliphatic heterocycles. The molecule has 4 rings (SSSR count). The quantitative estimate of drug-likeness (QED) is 0.497. The van der Waals surface area contributed by atoms with Crippen molar-refractivity contribution in [2.45, 2.75) is 38.8 Å². The van der Waals surface area contributed by atoms with Crippen molar-refractivity contribution in [2.75, 3.05) is 23.8 Å². The third-order valence-corrected chi connectivity index (χ3v) is 6.28. The van der Waals surface area contributed by atoms with Gasteiger partial charge in [-0.05, 0) is 80.4 Å². The van der Waals surface area contributed by atoms with Crippen LogP contribution in [0.5, 0.6) is 5.75 Å². The summed E-state index contributed by atoms with van der Waals surface area (Å²) in [6.07, 6.45) is 3.33. The number of piperidine rings is 1. The summed E-state index contributed by atoms with van der Waals surface area (Å²) in [5.74, 6) is 0.230. The minimum absolute atomic E-state index is 0.175. The van der Waals surface area contributed by atoms with Crippen molar-refractivity contribution in [3.63, 3.8) is 0 Å². The number of hydrogen-bond acceptors (Lipinski definition) is 4. The number of anilines is 2. The van der Waals surface area contributed by atoms with Gasteiger partial charge in [0.25, 0.3) is 5.91 Å². The number of nitrogens with one attached hydrogen (secondary N) is 1. The number of rotatable bonds is 6. The normalized spacial score (nSPS) is 16.0. The number of hydrogen-bond donors (Lipinski definition) is 1. The molecule has 0 spiro atoms. The average molecular weight is 458 g/mol. The van der Waals surface area contributed by atoms with Crippen LogP contribution < -0.4 is 15.0 Å². The molecule has 1 heterocycles. The highest BCUT2D eigenvalue weighted by Gasteiger charge is 2.18. The van der Waals surface area contributed by atoms with Crippen molar-refractivity contribution in [3.05, 3.63) is 90.0 Å². The molecule has 3 aromatic rings. The summed E-state index contributed by atoms with van der Waals surface area (Å²) < 4.78 is 5.43. The molecule has 176 valence electrons. The minimum Gasteiger partial charge on any atom is -0.410 e. The van der Waals surface area contributed by atoms with Crippen molar-refractivity contribution in [1.82, 2.24) is 4.90 Å². The maximum Gasteiger partial charge on any atom is 0.419 e. The van der Waals surface area contributed by atoms with Crippen LogP contribution in [-0.4, -0.2) is 36.5 Å². The maximum absolute atomic E-state index is 12.7. The monoisotopic (exact) mass is 457 g/mol. The summed E-state index contributed by atoms with van der Waals surface area (Å²) in [7, 11) is 1.66. The molecule has 0 saturated carbocycles. The minimum atomic E-state index is -0.484. The molecule has 0 aromatic heterocycles. The Balaban J connectivity index is 1.30. The van der Waals surface area contributed by atoms with E-state index in [-0.39, 0.29) is 5.91 Å². The first-order chi connectivity index (χ1) is 16.5. The van der Waals surface area contributed by atoms with E-state index >= 15 is 0 Å². The van der Waals surface area contributed by atoms with Gasteiger partial charge in [-0.15, -0.1) is 0 Å². The predicted octanol–water partition coefficient (Wildman–Crippen LogP) is 5.95. The summed E-state index contributed by atoms with van der Waals surface area (Å²) in [4.78, 5) is 29.0. The zero-order valence-corrected chi connectivity index (χ0v) is 19.7. The fourth-order valence-corrected chi connectivity index (χ4v) is 4.12. The third kappa shape index (κ3) is 6.02. The summed E-state index contributed by atoms with van der Waals surface area (Å²) >= 11 is 0. The fraction of sp³-hybridized carbons (Fsp3) is 0.286. The molecule has 1 fully saturated rings. The number of ether oxygens (including phenoxy) is 1. The number of benzene rings is 3. The van der Waals surface area contributed by atoms with Gasteiger partial charge < -0.3 is 10.1 Å². The molecule has 3 aromatic carbocycles. The Bertz CT molecular complexity index is 1100. The van der Waals surface area contributed by atoms with E-state index in [0.29, 0.717) is 23.0 Å². The van der Waals surface area contributed by atoms with E-state index < -0.39 is 6.09 Å². The van der Waals surface area contributed by atoms with E-state index in [4.69, 9.17) is 4.74 Å². The first-order valence-corrected chi connectivity index (χ1v) is 11.7. The van der Waals surface area contributed by atoms with Crippen LogP contribution in [-0.2, 0) is 6.54 Å². The van der Waals surface area contributed by atoms with Gasteiger partial charge in [-0.25, -0.2) is 4.79 Å². The van der Waals surface area contributed by atoms with Crippen LogP contribution in [0, 0.1) is 0 Å². The van der Waals surface area contributed by atoms with Crippen LogP contribution in [0.3, 0.4) is 0 Å². The molecular formula is C28H31N3O3. The summed E-state index contributed by atoms with van der Waals surface area (Å²) in [6, 6.07) is 24.4. The molecule has 0 bridgehead atoms. The standard InChI is InChI=1S/C28H31N3O3/c1-21-8-6-7-19-31(21)20-22-11-13-23(14-12-22)27(32)29-24-15-17-26(18-16-24)34-28(33)30(2)25-9-4-3-5-10-25/h3-5,9-18,21H,6-8,19-20H2,1-2H3,(H,29,32). The van der Waals surface area contributed by atoms with E-state index in [1.807, 2.05) is 54.6 Å². The zero-order chi connectivity index (χ0) is 23.9. The Labute approximate surface area is 201 Å². The van der Waals surface area contributed by atoms with Crippen LogP contribution in [0.25, 0.3) is 0 Å². The second-order valence-electron chi connectivity index (χ2n) is 8.75. The molecule has 6 heteroatoms. The van der Waals surface area contributed by atoms with Gasteiger partial charge >= 0.3 is 6.09 Å². The lowest BCUT2D eigenvalue weighted by molar-refractivity contribution is 0.102. The number of carbonyl (C=O) groups excluding carboxylic acids is 2. The average Bonchev–Trinajstić information content (AvgIpc) is 2.87. The molecule has 0 radical (unpaired) electrons. The molecule has 1 N–H and O–H groups in total. The van der Waals surface area contributed by atoms with Crippen LogP contribution in [0.4, 0.5) is 16.2 Å². The highest BCUT2D eigenvalue weighted by molar-refractivity contribution is 6.04.